The third-order valence-electron chi connectivity index (χ3n) is 5.50. The number of aryl methyl sites for hydroxylation is 1. The van der Waals surface area contributed by atoms with E-state index in [-0.39, 0.29) is 27.5 Å². The van der Waals surface area contributed by atoms with E-state index in [1.165, 1.54) is 31.2 Å². The first kappa shape index (κ1) is 28.7. The largest absolute Gasteiger partial charge is 0.468 e. The zero-order valence-corrected chi connectivity index (χ0v) is 22.4. The quantitative estimate of drug-likeness (QED) is 0.504. The van der Waals surface area contributed by atoms with Crippen LogP contribution in [0.3, 0.4) is 0 Å². The Morgan fingerprint density at radius 3 is 2.34 bits per heavy atom. The van der Waals surface area contributed by atoms with E-state index in [2.05, 4.69) is 4.72 Å². The molecule has 0 aliphatic heterocycles. The zero-order chi connectivity index (χ0) is 26.7. The van der Waals surface area contributed by atoms with Crippen LogP contribution in [0.1, 0.15) is 55.9 Å². The molecule has 1 N–H and O–H groups in total. The molecule has 0 heterocycles. The summed E-state index contributed by atoms with van der Waals surface area (Å²) in [5.41, 5.74) is 0.948. The van der Waals surface area contributed by atoms with Crippen LogP contribution >= 0.6 is 11.6 Å². The number of hydrogen-bond acceptors (Lipinski definition) is 6. The van der Waals surface area contributed by atoms with Gasteiger partial charge in [-0.3, -0.25) is 9.59 Å². The Morgan fingerprint density at radius 2 is 1.77 bits per heavy atom. The minimum Gasteiger partial charge on any atom is -0.468 e. The summed E-state index contributed by atoms with van der Waals surface area (Å²) < 4.78 is 54.1. The van der Waals surface area contributed by atoms with Crippen LogP contribution in [0, 0.1) is 19.7 Å². The van der Waals surface area contributed by atoms with Gasteiger partial charge in [-0.2, -0.15) is 4.72 Å². The molecule has 10 heteroatoms. The van der Waals surface area contributed by atoms with Crippen LogP contribution in [0.5, 0.6) is 0 Å². The molecule has 1 unspecified atom stereocenters. The lowest BCUT2D eigenvalue weighted by Crippen LogP contribution is -2.45. The van der Waals surface area contributed by atoms with E-state index in [0.29, 0.717) is 5.56 Å². The van der Waals surface area contributed by atoms with Crippen LogP contribution in [-0.2, 0) is 35.5 Å². The highest BCUT2D eigenvalue weighted by atomic mass is 35.5. The summed E-state index contributed by atoms with van der Waals surface area (Å²) in [6, 6.07) is 5.46. The van der Waals surface area contributed by atoms with Crippen molar-refractivity contribution in [3.63, 3.8) is 0 Å². The summed E-state index contributed by atoms with van der Waals surface area (Å²) in [7, 11) is -3.30. The molecule has 0 saturated heterocycles. The van der Waals surface area contributed by atoms with Crippen LogP contribution in [0.4, 0.5) is 4.39 Å². The van der Waals surface area contributed by atoms with Gasteiger partial charge in [0.2, 0.25) is 10.0 Å². The van der Waals surface area contributed by atoms with Crippen LogP contribution in [0.15, 0.2) is 35.2 Å². The maximum absolute atomic E-state index is 14.8. The van der Waals surface area contributed by atoms with E-state index in [0.717, 1.165) is 12.7 Å². The number of methoxy groups -OCH3 is 1. The minimum absolute atomic E-state index is 0.113. The first-order valence-electron chi connectivity index (χ1n) is 10.9. The standard InChI is InChI=1S/C25H31ClFNO6S/c1-14-8-11-19(27)22(15(14)2)16(3)23(24(30)33-7)28-35(31,32)20-13-18(26)10-9-17(20)12-21(29)34-25(4,5)6/h8-11,13,16,23,28H,12H2,1-7H3/t16?,23-/m0/s1. The van der Waals surface area contributed by atoms with Crippen molar-refractivity contribution in [2.75, 3.05) is 7.11 Å². The van der Waals surface area contributed by atoms with Gasteiger partial charge in [0.1, 0.15) is 17.5 Å². The SMILES string of the molecule is COC(=O)[C@@H](NS(=O)(=O)c1cc(Cl)ccc1CC(=O)OC(C)(C)C)C(C)c1c(F)ccc(C)c1C. The van der Waals surface area contributed by atoms with Gasteiger partial charge in [0.15, 0.2) is 0 Å². The van der Waals surface area contributed by atoms with Gasteiger partial charge in [0, 0.05) is 10.9 Å². The van der Waals surface area contributed by atoms with Crippen molar-refractivity contribution in [1.29, 1.82) is 0 Å². The molecule has 0 aliphatic carbocycles. The number of carbonyl (C=O) groups is 2. The topological polar surface area (TPSA) is 98.8 Å². The maximum atomic E-state index is 14.8. The van der Waals surface area contributed by atoms with Crippen LogP contribution < -0.4 is 4.72 Å². The molecule has 192 valence electrons. The van der Waals surface area contributed by atoms with E-state index in [9.17, 15) is 22.4 Å². The Balaban J connectivity index is 2.51. The fourth-order valence-corrected chi connectivity index (χ4v) is 5.47. The predicted octanol–water partition coefficient (Wildman–Crippen LogP) is 4.60. The van der Waals surface area contributed by atoms with Crippen molar-refractivity contribution in [1.82, 2.24) is 4.72 Å². The minimum atomic E-state index is -4.41. The first-order valence-corrected chi connectivity index (χ1v) is 12.8. The number of benzene rings is 2. The summed E-state index contributed by atoms with van der Waals surface area (Å²) in [4.78, 5) is 24.7. The van der Waals surface area contributed by atoms with Crippen molar-refractivity contribution >= 4 is 33.6 Å². The van der Waals surface area contributed by atoms with E-state index in [1.54, 1.807) is 40.7 Å². The van der Waals surface area contributed by atoms with Crippen LogP contribution in [0.2, 0.25) is 5.02 Å². The highest BCUT2D eigenvalue weighted by molar-refractivity contribution is 7.89. The third kappa shape index (κ3) is 7.25. The van der Waals surface area contributed by atoms with Crippen molar-refractivity contribution in [2.45, 2.75) is 70.4 Å². The number of rotatable bonds is 8. The first-order chi connectivity index (χ1) is 16.1. The highest BCUT2D eigenvalue weighted by Gasteiger charge is 2.35. The monoisotopic (exact) mass is 527 g/mol. The molecule has 0 saturated carbocycles. The molecule has 0 fully saturated rings. The number of nitrogens with one attached hydrogen (secondary N) is 1. The molecule has 2 atom stereocenters. The van der Waals surface area contributed by atoms with E-state index in [4.69, 9.17) is 21.1 Å². The van der Waals surface area contributed by atoms with Gasteiger partial charge in [0.25, 0.3) is 0 Å². The van der Waals surface area contributed by atoms with Gasteiger partial charge in [-0.05, 0) is 75.1 Å². The van der Waals surface area contributed by atoms with E-state index < -0.39 is 45.3 Å². The fraction of sp³-hybridized carbons (Fsp3) is 0.440. The molecule has 0 radical (unpaired) electrons. The van der Waals surface area contributed by atoms with Gasteiger partial charge in [-0.1, -0.05) is 30.7 Å². The smallest absolute Gasteiger partial charge is 0.324 e. The highest BCUT2D eigenvalue weighted by Crippen LogP contribution is 2.30. The Labute approximate surface area is 211 Å². The normalized spacial score (nSPS) is 13.7. The number of esters is 2. The second-order valence-electron chi connectivity index (χ2n) is 9.33. The van der Waals surface area contributed by atoms with Crippen molar-refractivity contribution < 1.29 is 31.9 Å². The number of sulfonamides is 1. The number of halogens is 2. The summed E-state index contributed by atoms with van der Waals surface area (Å²) in [5, 5.41) is 0.113. The van der Waals surface area contributed by atoms with Crippen LogP contribution in [0.25, 0.3) is 0 Å². The average molecular weight is 528 g/mol. The lowest BCUT2D eigenvalue weighted by Gasteiger charge is -2.26. The van der Waals surface area contributed by atoms with Crippen LogP contribution in [-0.4, -0.2) is 39.1 Å². The Hall–Kier alpha value is -2.49. The molecular formula is C25H31ClFNO6S. The number of ether oxygens (including phenoxy) is 2. The molecule has 0 bridgehead atoms. The second-order valence-corrected chi connectivity index (χ2v) is 11.4. The molecule has 0 amide bonds. The Kier molecular flexibility index (Phi) is 9.08. The van der Waals surface area contributed by atoms with Crippen molar-refractivity contribution in [2.24, 2.45) is 0 Å². The molecule has 2 aromatic carbocycles. The summed E-state index contributed by atoms with van der Waals surface area (Å²) in [6.07, 6.45) is -0.339. The van der Waals surface area contributed by atoms with Gasteiger partial charge in [-0.15, -0.1) is 0 Å². The predicted molar refractivity (Wildman–Crippen MR) is 131 cm³/mol. The number of carbonyl (C=O) groups excluding carboxylic acids is 2. The second kappa shape index (κ2) is 11.1. The fourth-order valence-electron chi connectivity index (χ4n) is 3.70. The molecule has 0 aromatic heterocycles. The van der Waals surface area contributed by atoms with Gasteiger partial charge in [-0.25, -0.2) is 12.8 Å². The maximum Gasteiger partial charge on any atom is 0.324 e. The molecule has 35 heavy (non-hydrogen) atoms. The molecular weight excluding hydrogens is 497 g/mol. The molecule has 7 nitrogen and oxygen atoms in total. The summed E-state index contributed by atoms with van der Waals surface area (Å²) >= 11 is 6.06. The zero-order valence-electron chi connectivity index (χ0n) is 20.9. The van der Waals surface area contributed by atoms with E-state index in [1.807, 2.05) is 0 Å². The van der Waals surface area contributed by atoms with Crippen molar-refractivity contribution in [3.8, 4) is 0 Å². The van der Waals surface area contributed by atoms with Crippen molar-refractivity contribution in [3.05, 3.63) is 63.4 Å². The lowest BCUT2D eigenvalue weighted by atomic mass is 9.88. The number of hydrogen-bond donors (Lipinski definition) is 1. The molecule has 2 rings (SSSR count). The molecule has 0 spiro atoms. The van der Waals surface area contributed by atoms with Gasteiger partial charge < -0.3 is 9.47 Å². The summed E-state index contributed by atoms with van der Waals surface area (Å²) in [5.74, 6) is -3.00. The van der Waals surface area contributed by atoms with E-state index >= 15 is 0 Å². The Morgan fingerprint density at radius 1 is 1.14 bits per heavy atom. The summed E-state index contributed by atoms with van der Waals surface area (Å²) in [6.45, 7) is 10.1. The molecule has 0 aliphatic rings. The van der Waals surface area contributed by atoms with Gasteiger partial charge >= 0.3 is 11.9 Å². The lowest BCUT2D eigenvalue weighted by molar-refractivity contribution is -0.154. The average Bonchev–Trinajstić information content (AvgIpc) is 2.74. The van der Waals surface area contributed by atoms with Gasteiger partial charge in [0.05, 0.1) is 18.4 Å². The molecule has 2 aromatic rings. The Bertz CT molecular complexity index is 1220. The third-order valence-corrected chi connectivity index (χ3v) is 7.26.